The number of nitrogens with two attached hydrogens (primary N) is 1. The van der Waals surface area contributed by atoms with Gasteiger partial charge in [-0.05, 0) is 31.9 Å². The largest absolute Gasteiger partial charge is 0.327 e. The van der Waals surface area contributed by atoms with Crippen molar-refractivity contribution >= 4 is 34.7 Å². The summed E-state index contributed by atoms with van der Waals surface area (Å²) in [5.74, 6) is 1.11. The van der Waals surface area contributed by atoms with E-state index < -0.39 is 0 Å². The fourth-order valence-corrected chi connectivity index (χ4v) is 5.06. The van der Waals surface area contributed by atoms with Crippen LogP contribution in [0, 0.1) is 0 Å². The highest BCUT2D eigenvalue weighted by molar-refractivity contribution is 7.99. The zero-order valence-corrected chi connectivity index (χ0v) is 14.3. The Morgan fingerprint density at radius 3 is 2.90 bits per heavy atom. The van der Waals surface area contributed by atoms with Crippen molar-refractivity contribution in [3.05, 3.63) is 27.2 Å². The van der Waals surface area contributed by atoms with E-state index in [1.807, 2.05) is 13.0 Å². The predicted octanol–water partition coefficient (Wildman–Crippen LogP) is 3.90. The predicted molar refractivity (Wildman–Crippen MR) is 89.2 cm³/mol. The Kier molecular flexibility index (Phi) is 4.88. The van der Waals surface area contributed by atoms with Crippen molar-refractivity contribution in [2.75, 3.05) is 0 Å². The van der Waals surface area contributed by atoms with Crippen LogP contribution in [-0.4, -0.2) is 20.8 Å². The monoisotopic (exact) mass is 342 g/mol. The number of thiophene rings is 1. The van der Waals surface area contributed by atoms with Gasteiger partial charge in [0.2, 0.25) is 0 Å². The van der Waals surface area contributed by atoms with Crippen molar-refractivity contribution in [1.82, 2.24) is 14.8 Å². The van der Waals surface area contributed by atoms with Gasteiger partial charge in [-0.15, -0.1) is 21.5 Å². The van der Waals surface area contributed by atoms with Gasteiger partial charge in [0, 0.05) is 23.9 Å². The second-order valence-electron chi connectivity index (χ2n) is 5.40. The Bertz CT molecular complexity index is 608. The number of rotatable bonds is 4. The van der Waals surface area contributed by atoms with Gasteiger partial charge >= 0.3 is 0 Å². The first kappa shape index (κ1) is 15.3. The lowest BCUT2D eigenvalue weighted by molar-refractivity contribution is 0.588. The van der Waals surface area contributed by atoms with Crippen molar-refractivity contribution in [2.45, 2.75) is 55.6 Å². The Morgan fingerprint density at radius 2 is 2.19 bits per heavy atom. The Balaban J connectivity index is 1.85. The van der Waals surface area contributed by atoms with Crippen molar-refractivity contribution in [3.63, 3.8) is 0 Å². The molecule has 2 aromatic heterocycles. The molecule has 4 nitrogen and oxygen atoms in total. The zero-order chi connectivity index (χ0) is 14.8. The number of hydrogen-bond donors (Lipinski definition) is 1. The number of aryl methyl sites for hydroxylation is 1. The van der Waals surface area contributed by atoms with Gasteiger partial charge in [0.25, 0.3) is 0 Å². The van der Waals surface area contributed by atoms with E-state index in [9.17, 15) is 0 Å². The molecule has 2 aromatic rings. The molecule has 3 heterocycles. The minimum absolute atomic E-state index is 0.0310. The maximum absolute atomic E-state index is 6.19. The van der Waals surface area contributed by atoms with Crippen LogP contribution in [0.15, 0.2) is 17.3 Å². The van der Waals surface area contributed by atoms with Crippen LogP contribution in [0.2, 0.25) is 4.34 Å². The van der Waals surface area contributed by atoms with E-state index in [-0.39, 0.29) is 11.3 Å². The average Bonchev–Trinajstić information content (AvgIpc) is 2.95. The molecule has 114 valence electrons. The van der Waals surface area contributed by atoms with E-state index in [1.54, 1.807) is 23.1 Å². The fourth-order valence-electron chi connectivity index (χ4n) is 2.56. The Hall–Kier alpha value is -0.560. The molecule has 21 heavy (non-hydrogen) atoms. The summed E-state index contributed by atoms with van der Waals surface area (Å²) in [6.45, 7) is 3.05. The lowest BCUT2D eigenvalue weighted by atomic mass is 10.2. The molecule has 0 bridgehead atoms. The molecule has 2 N–H and O–H groups in total. The Labute approximate surface area is 138 Å². The van der Waals surface area contributed by atoms with Crippen LogP contribution in [0.4, 0.5) is 0 Å². The van der Waals surface area contributed by atoms with E-state index in [2.05, 4.69) is 20.8 Å². The summed E-state index contributed by atoms with van der Waals surface area (Å²) in [6.07, 6.45) is 4.71. The lowest BCUT2D eigenvalue weighted by Crippen LogP contribution is -2.22. The van der Waals surface area contributed by atoms with Crippen molar-refractivity contribution in [2.24, 2.45) is 5.73 Å². The summed E-state index contributed by atoms with van der Waals surface area (Å²) in [5, 5.41) is 9.89. The highest BCUT2D eigenvalue weighted by Crippen LogP contribution is 2.41. The third-order valence-electron chi connectivity index (χ3n) is 3.66. The van der Waals surface area contributed by atoms with E-state index in [0.717, 1.165) is 28.3 Å². The van der Waals surface area contributed by atoms with Crippen LogP contribution in [-0.2, 0) is 13.0 Å². The first-order chi connectivity index (χ1) is 10.1. The SMILES string of the molecule is CC(N)C(Sc1nnc2n1CCCCC2)c1ccc(Cl)s1. The van der Waals surface area contributed by atoms with Crippen molar-refractivity contribution in [3.8, 4) is 0 Å². The molecule has 3 rings (SSSR count). The quantitative estimate of drug-likeness (QED) is 0.856. The highest BCUT2D eigenvalue weighted by atomic mass is 35.5. The van der Waals surface area contributed by atoms with E-state index >= 15 is 0 Å². The van der Waals surface area contributed by atoms with Gasteiger partial charge in [-0.3, -0.25) is 0 Å². The van der Waals surface area contributed by atoms with Gasteiger partial charge in [-0.2, -0.15) is 0 Å². The smallest absolute Gasteiger partial charge is 0.191 e. The molecular weight excluding hydrogens is 324 g/mol. The van der Waals surface area contributed by atoms with E-state index in [1.165, 1.54) is 24.1 Å². The molecule has 2 unspecified atom stereocenters. The molecule has 2 atom stereocenters. The normalized spacial score (nSPS) is 18.0. The second-order valence-corrected chi connectivity index (χ2v) is 8.26. The molecule has 1 aliphatic heterocycles. The minimum atomic E-state index is 0.0310. The summed E-state index contributed by atoms with van der Waals surface area (Å²) in [5.41, 5.74) is 6.19. The molecule has 0 fully saturated rings. The third-order valence-corrected chi connectivity index (χ3v) is 6.57. The molecule has 7 heteroatoms. The summed E-state index contributed by atoms with van der Waals surface area (Å²) in [4.78, 5) is 1.20. The number of nitrogens with zero attached hydrogens (tertiary/aromatic N) is 3. The molecule has 0 saturated heterocycles. The number of halogens is 1. The standard InChI is InChI=1S/C14H19ClN4S2/c1-9(16)13(10-6-7-11(15)20-10)21-14-18-17-12-5-3-2-4-8-19(12)14/h6-7,9,13H,2-5,8,16H2,1H3. The Morgan fingerprint density at radius 1 is 1.33 bits per heavy atom. The van der Waals surface area contributed by atoms with Crippen LogP contribution < -0.4 is 5.73 Å². The molecule has 0 amide bonds. The number of fused-ring (bicyclic) bond motifs is 1. The first-order valence-electron chi connectivity index (χ1n) is 7.24. The van der Waals surface area contributed by atoms with Gasteiger partial charge in [0.1, 0.15) is 5.82 Å². The molecule has 0 aromatic carbocycles. The second kappa shape index (κ2) is 6.69. The summed E-state index contributed by atoms with van der Waals surface area (Å²) in [7, 11) is 0. The average molecular weight is 343 g/mol. The van der Waals surface area contributed by atoms with Gasteiger partial charge in [0.15, 0.2) is 5.16 Å². The summed E-state index contributed by atoms with van der Waals surface area (Å²) < 4.78 is 3.07. The maximum Gasteiger partial charge on any atom is 0.191 e. The number of aromatic nitrogens is 3. The fraction of sp³-hybridized carbons (Fsp3) is 0.571. The summed E-state index contributed by atoms with van der Waals surface area (Å²) in [6, 6.07) is 4.03. The van der Waals surface area contributed by atoms with Crippen LogP contribution in [0.5, 0.6) is 0 Å². The number of hydrogen-bond acceptors (Lipinski definition) is 5. The van der Waals surface area contributed by atoms with Crippen LogP contribution >= 0.6 is 34.7 Å². The van der Waals surface area contributed by atoms with Crippen LogP contribution in [0.25, 0.3) is 0 Å². The summed E-state index contributed by atoms with van der Waals surface area (Å²) >= 11 is 9.37. The first-order valence-corrected chi connectivity index (χ1v) is 9.32. The maximum atomic E-state index is 6.19. The van der Waals surface area contributed by atoms with E-state index in [4.69, 9.17) is 17.3 Å². The van der Waals surface area contributed by atoms with E-state index in [0.29, 0.717) is 0 Å². The topological polar surface area (TPSA) is 56.7 Å². The lowest BCUT2D eigenvalue weighted by Gasteiger charge is -2.18. The number of thioether (sulfide) groups is 1. The van der Waals surface area contributed by atoms with Gasteiger partial charge in [-0.25, -0.2) is 0 Å². The van der Waals surface area contributed by atoms with Crippen molar-refractivity contribution in [1.29, 1.82) is 0 Å². The minimum Gasteiger partial charge on any atom is -0.327 e. The van der Waals surface area contributed by atoms with Crippen LogP contribution in [0.1, 0.15) is 42.1 Å². The van der Waals surface area contributed by atoms with Gasteiger partial charge in [-0.1, -0.05) is 29.8 Å². The molecule has 0 spiro atoms. The molecule has 0 radical (unpaired) electrons. The molecule has 0 saturated carbocycles. The molecular formula is C14H19ClN4S2. The molecule has 0 aliphatic carbocycles. The zero-order valence-electron chi connectivity index (χ0n) is 12.0. The van der Waals surface area contributed by atoms with Crippen molar-refractivity contribution < 1.29 is 0 Å². The van der Waals surface area contributed by atoms with Crippen LogP contribution in [0.3, 0.4) is 0 Å². The van der Waals surface area contributed by atoms with Gasteiger partial charge in [0.05, 0.1) is 9.59 Å². The molecule has 1 aliphatic rings. The third kappa shape index (κ3) is 3.44. The highest BCUT2D eigenvalue weighted by Gasteiger charge is 2.24. The van der Waals surface area contributed by atoms with Gasteiger partial charge < -0.3 is 10.3 Å².